The summed E-state index contributed by atoms with van der Waals surface area (Å²) < 4.78 is 51.3. The van der Waals surface area contributed by atoms with Gasteiger partial charge in [0.15, 0.2) is 0 Å². The number of rotatable bonds is 4. The van der Waals surface area contributed by atoms with E-state index in [4.69, 9.17) is 9.26 Å². The molecule has 0 radical (unpaired) electrons. The first-order chi connectivity index (χ1) is 14.3. The van der Waals surface area contributed by atoms with Crippen LogP contribution >= 0.6 is 0 Å². The second-order valence-corrected chi connectivity index (χ2v) is 7.36. The lowest BCUT2D eigenvalue weighted by Crippen LogP contribution is -2.40. The van der Waals surface area contributed by atoms with Gasteiger partial charge in [0.05, 0.1) is 40.0 Å². The molecule has 2 unspecified atom stereocenters. The third-order valence-electron chi connectivity index (χ3n) is 5.25. The van der Waals surface area contributed by atoms with E-state index in [-0.39, 0.29) is 34.7 Å². The maximum absolute atomic E-state index is 13.5. The number of benzene rings is 1. The second kappa shape index (κ2) is 7.71. The Balaban J connectivity index is 1.79. The van der Waals surface area contributed by atoms with Crippen LogP contribution in [-0.2, 0) is 10.9 Å². The fraction of sp³-hybridized carbons (Fsp3) is 0.381. The third-order valence-corrected chi connectivity index (χ3v) is 5.25. The van der Waals surface area contributed by atoms with Crippen molar-refractivity contribution in [1.29, 1.82) is 0 Å². The molecule has 1 fully saturated rings. The molecule has 9 heteroatoms. The van der Waals surface area contributed by atoms with Crippen LogP contribution in [0.3, 0.4) is 0 Å². The van der Waals surface area contributed by atoms with Gasteiger partial charge in [0, 0.05) is 12.2 Å². The van der Waals surface area contributed by atoms with E-state index in [2.05, 4.69) is 15.5 Å². The number of carbonyl (C=O) groups excluding carboxylic acids is 1. The van der Waals surface area contributed by atoms with Crippen molar-refractivity contribution in [1.82, 2.24) is 15.5 Å². The molecule has 6 nitrogen and oxygen atoms in total. The van der Waals surface area contributed by atoms with Crippen LogP contribution in [-0.4, -0.2) is 34.8 Å². The predicted molar refractivity (Wildman–Crippen MR) is 103 cm³/mol. The number of hydrogen-bond acceptors (Lipinski definition) is 5. The fourth-order valence-corrected chi connectivity index (χ4v) is 3.74. The molecule has 0 aliphatic carbocycles. The summed E-state index contributed by atoms with van der Waals surface area (Å²) in [6.45, 7) is 4.14. The summed E-state index contributed by atoms with van der Waals surface area (Å²) in [6, 6.07) is 6.19. The van der Waals surface area contributed by atoms with Crippen LogP contribution in [0.15, 0.2) is 34.9 Å². The summed E-state index contributed by atoms with van der Waals surface area (Å²) in [7, 11) is 0. The van der Waals surface area contributed by atoms with Gasteiger partial charge in [-0.2, -0.15) is 13.2 Å². The highest BCUT2D eigenvalue weighted by atomic mass is 19.4. The van der Waals surface area contributed by atoms with Gasteiger partial charge in [0.2, 0.25) is 0 Å². The number of pyridine rings is 1. The highest BCUT2D eigenvalue weighted by molar-refractivity contribution is 6.07. The predicted octanol–water partition coefficient (Wildman–Crippen LogP) is 4.51. The Morgan fingerprint density at radius 2 is 2.07 bits per heavy atom. The molecule has 1 aromatic carbocycles. The smallest absolute Gasteiger partial charge is 0.376 e. The molecule has 1 amide bonds. The molecule has 3 aromatic rings. The van der Waals surface area contributed by atoms with E-state index < -0.39 is 17.6 Å². The van der Waals surface area contributed by atoms with E-state index in [1.807, 2.05) is 6.92 Å². The highest BCUT2D eigenvalue weighted by Crippen LogP contribution is 2.37. The van der Waals surface area contributed by atoms with E-state index in [0.717, 1.165) is 18.9 Å². The summed E-state index contributed by atoms with van der Waals surface area (Å²) >= 11 is 0. The monoisotopic (exact) mass is 419 g/mol. The van der Waals surface area contributed by atoms with Crippen molar-refractivity contribution in [3.8, 4) is 11.3 Å². The number of nitrogens with one attached hydrogen (secondary N) is 1. The van der Waals surface area contributed by atoms with Gasteiger partial charge in [-0.1, -0.05) is 23.4 Å². The summed E-state index contributed by atoms with van der Waals surface area (Å²) in [4.78, 5) is 17.3. The standard InChI is InChI=1S/C21H20F3N3O3/c1-11(17-8-5-9-29-17)25-19(28)14-10-16(26-20-18(14)12(2)27-30-20)13-6-3-4-7-15(13)21(22,23)24/h3-4,6-7,10-11,17H,5,8-9H2,1-2H3,(H,25,28). The molecule has 3 heterocycles. The third kappa shape index (κ3) is 3.77. The first kappa shape index (κ1) is 20.3. The molecule has 0 bridgehead atoms. The van der Waals surface area contributed by atoms with Crippen molar-refractivity contribution >= 4 is 17.0 Å². The Kier molecular flexibility index (Phi) is 5.23. The number of amides is 1. The number of aromatic nitrogens is 2. The molecule has 0 saturated carbocycles. The van der Waals surface area contributed by atoms with Gasteiger partial charge in [-0.25, -0.2) is 4.98 Å². The molecule has 1 saturated heterocycles. The minimum absolute atomic E-state index is 0.0110. The number of ether oxygens (including phenoxy) is 1. The SMILES string of the molecule is Cc1noc2nc(-c3ccccc3C(F)(F)F)cc(C(=O)NC(C)C3CCCO3)c12. The number of aryl methyl sites for hydroxylation is 1. The lowest BCUT2D eigenvalue weighted by atomic mass is 10.00. The number of nitrogens with zero attached hydrogens (tertiary/aromatic N) is 2. The molecule has 0 spiro atoms. The van der Waals surface area contributed by atoms with Gasteiger partial charge in [0.25, 0.3) is 11.6 Å². The summed E-state index contributed by atoms with van der Waals surface area (Å²) in [6.07, 6.45) is -2.90. The van der Waals surface area contributed by atoms with E-state index in [1.165, 1.54) is 24.3 Å². The summed E-state index contributed by atoms with van der Waals surface area (Å²) in [5.41, 5.74) is -0.383. The quantitative estimate of drug-likeness (QED) is 0.673. The van der Waals surface area contributed by atoms with E-state index in [9.17, 15) is 18.0 Å². The van der Waals surface area contributed by atoms with Crippen LogP contribution in [0.5, 0.6) is 0 Å². The Morgan fingerprint density at radius 1 is 1.30 bits per heavy atom. The largest absolute Gasteiger partial charge is 0.417 e. The number of fused-ring (bicyclic) bond motifs is 1. The van der Waals surface area contributed by atoms with Crippen molar-refractivity contribution in [3.05, 3.63) is 47.2 Å². The highest BCUT2D eigenvalue weighted by Gasteiger charge is 2.34. The van der Waals surface area contributed by atoms with Crippen molar-refractivity contribution < 1.29 is 27.2 Å². The molecular formula is C21H20F3N3O3. The second-order valence-electron chi connectivity index (χ2n) is 7.36. The molecule has 158 valence electrons. The van der Waals surface area contributed by atoms with Gasteiger partial charge in [0.1, 0.15) is 0 Å². The average Bonchev–Trinajstić information content (AvgIpc) is 3.37. The topological polar surface area (TPSA) is 77.2 Å². The Hall–Kier alpha value is -2.94. The molecular weight excluding hydrogens is 399 g/mol. The Morgan fingerprint density at radius 3 is 2.77 bits per heavy atom. The zero-order valence-corrected chi connectivity index (χ0v) is 16.4. The number of halogens is 3. The van der Waals surface area contributed by atoms with Crippen LogP contribution in [0.4, 0.5) is 13.2 Å². The molecule has 1 aliphatic rings. The van der Waals surface area contributed by atoms with Gasteiger partial charge in [-0.3, -0.25) is 4.79 Å². The van der Waals surface area contributed by atoms with Crippen LogP contribution < -0.4 is 5.32 Å². The lowest BCUT2D eigenvalue weighted by molar-refractivity contribution is -0.137. The Bertz CT molecular complexity index is 1090. The van der Waals surface area contributed by atoms with Crippen molar-refractivity contribution in [2.24, 2.45) is 0 Å². The molecule has 30 heavy (non-hydrogen) atoms. The van der Waals surface area contributed by atoms with E-state index in [0.29, 0.717) is 17.7 Å². The van der Waals surface area contributed by atoms with Gasteiger partial charge < -0.3 is 14.6 Å². The van der Waals surface area contributed by atoms with Crippen molar-refractivity contribution in [2.75, 3.05) is 6.61 Å². The average molecular weight is 419 g/mol. The van der Waals surface area contributed by atoms with Gasteiger partial charge >= 0.3 is 6.18 Å². The minimum Gasteiger partial charge on any atom is -0.376 e. The molecule has 2 aromatic heterocycles. The zero-order valence-electron chi connectivity index (χ0n) is 16.4. The zero-order chi connectivity index (χ0) is 21.5. The minimum atomic E-state index is -4.57. The number of carbonyl (C=O) groups is 1. The maximum Gasteiger partial charge on any atom is 0.417 e. The Labute approximate surface area is 170 Å². The van der Waals surface area contributed by atoms with Gasteiger partial charge in [-0.15, -0.1) is 0 Å². The van der Waals surface area contributed by atoms with Crippen LogP contribution in [0.2, 0.25) is 0 Å². The number of hydrogen-bond donors (Lipinski definition) is 1. The fourth-order valence-electron chi connectivity index (χ4n) is 3.74. The van der Waals surface area contributed by atoms with Crippen LogP contribution in [0, 0.1) is 6.92 Å². The molecule has 4 rings (SSSR count). The lowest BCUT2D eigenvalue weighted by Gasteiger charge is -2.20. The first-order valence-electron chi connectivity index (χ1n) is 9.62. The molecule has 1 N–H and O–H groups in total. The van der Waals surface area contributed by atoms with Crippen LogP contribution in [0.25, 0.3) is 22.4 Å². The normalized spacial score (nSPS) is 18.0. The van der Waals surface area contributed by atoms with E-state index in [1.54, 1.807) is 6.92 Å². The summed E-state index contributed by atoms with van der Waals surface area (Å²) in [5, 5.41) is 7.10. The molecule has 2 atom stereocenters. The van der Waals surface area contributed by atoms with Gasteiger partial charge in [-0.05, 0) is 38.8 Å². The molecule has 1 aliphatic heterocycles. The van der Waals surface area contributed by atoms with Crippen molar-refractivity contribution in [3.63, 3.8) is 0 Å². The van der Waals surface area contributed by atoms with Crippen molar-refractivity contribution in [2.45, 2.75) is 45.0 Å². The van der Waals surface area contributed by atoms with E-state index >= 15 is 0 Å². The van der Waals surface area contributed by atoms with Crippen LogP contribution in [0.1, 0.15) is 41.4 Å². The maximum atomic E-state index is 13.5. The first-order valence-corrected chi connectivity index (χ1v) is 9.62. The number of alkyl halides is 3. The summed E-state index contributed by atoms with van der Waals surface area (Å²) in [5.74, 6) is -0.442.